The molecule has 0 unspecified atom stereocenters. The number of carbonyl (C=O) groups excluding carboxylic acids is 1. The summed E-state index contributed by atoms with van der Waals surface area (Å²) in [5.74, 6) is 1.62. The number of amides is 1. The molecule has 31 heavy (non-hydrogen) atoms. The Bertz CT molecular complexity index is 1260. The van der Waals surface area contributed by atoms with Gasteiger partial charge >= 0.3 is 0 Å². The molecule has 156 valence electrons. The molecule has 0 aliphatic carbocycles. The minimum absolute atomic E-state index is 0.265. The molecule has 2 aromatic carbocycles. The molecule has 0 fully saturated rings. The summed E-state index contributed by atoms with van der Waals surface area (Å²) in [5.41, 5.74) is 4.16. The predicted octanol–water partition coefficient (Wildman–Crippen LogP) is 5.55. The minimum Gasteiger partial charge on any atom is -0.497 e. The van der Waals surface area contributed by atoms with Gasteiger partial charge in [-0.25, -0.2) is 4.98 Å². The summed E-state index contributed by atoms with van der Waals surface area (Å²) in [4.78, 5) is 16.6. The molecule has 0 aliphatic rings. The average molecular weight is 414 g/mol. The molecular weight excluding hydrogens is 392 g/mol. The third-order valence-corrected chi connectivity index (χ3v) is 4.96. The van der Waals surface area contributed by atoms with Crippen LogP contribution in [0, 0.1) is 0 Å². The smallest absolute Gasteiger partial charge is 0.249 e. The van der Waals surface area contributed by atoms with Crippen LogP contribution in [0.3, 0.4) is 0 Å². The number of nitrogens with zero attached hydrogens (tertiary/aromatic N) is 1. The van der Waals surface area contributed by atoms with Gasteiger partial charge in [0.05, 0.1) is 20.5 Å². The number of ether oxygens (including phenoxy) is 2. The van der Waals surface area contributed by atoms with Crippen LogP contribution in [0.15, 0.2) is 77.6 Å². The van der Waals surface area contributed by atoms with Gasteiger partial charge in [-0.05, 0) is 48.4 Å². The lowest BCUT2D eigenvalue weighted by Gasteiger charge is -2.10. The topological polar surface area (TPSA) is 73.6 Å². The number of hydrogen-bond acceptors (Lipinski definition) is 5. The number of benzene rings is 2. The fourth-order valence-electron chi connectivity index (χ4n) is 3.42. The van der Waals surface area contributed by atoms with E-state index in [2.05, 4.69) is 10.3 Å². The van der Waals surface area contributed by atoms with E-state index in [-0.39, 0.29) is 5.91 Å². The Kier molecular flexibility index (Phi) is 5.71. The van der Waals surface area contributed by atoms with Crippen LogP contribution in [0.25, 0.3) is 27.7 Å². The Morgan fingerprint density at radius 3 is 2.68 bits per heavy atom. The van der Waals surface area contributed by atoms with Gasteiger partial charge in [0.1, 0.15) is 22.9 Å². The molecule has 0 saturated carbocycles. The maximum atomic E-state index is 12.5. The minimum atomic E-state index is -0.265. The lowest BCUT2D eigenvalue weighted by Crippen LogP contribution is -2.09. The number of anilines is 1. The molecule has 0 saturated heterocycles. The van der Waals surface area contributed by atoms with Crippen LogP contribution in [0.1, 0.15) is 12.5 Å². The van der Waals surface area contributed by atoms with Gasteiger partial charge < -0.3 is 19.2 Å². The van der Waals surface area contributed by atoms with Gasteiger partial charge in [-0.2, -0.15) is 0 Å². The summed E-state index contributed by atoms with van der Waals surface area (Å²) in [7, 11) is 3.23. The van der Waals surface area contributed by atoms with Crippen molar-refractivity contribution in [1.82, 2.24) is 4.98 Å². The predicted molar refractivity (Wildman–Crippen MR) is 121 cm³/mol. The molecule has 0 spiro atoms. The molecule has 6 heteroatoms. The zero-order valence-electron chi connectivity index (χ0n) is 17.5. The van der Waals surface area contributed by atoms with E-state index in [9.17, 15) is 4.79 Å². The third kappa shape index (κ3) is 4.28. The van der Waals surface area contributed by atoms with Gasteiger partial charge in [0.25, 0.3) is 0 Å². The van der Waals surface area contributed by atoms with E-state index < -0.39 is 0 Å². The molecule has 0 radical (unpaired) electrons. The Balaban J connectivity index is 1.73. The molecule has 2 heterocycles. The molecule has 1 N–H and O–H groups in total. The van der Waals surface area contributed by atoms with Crippen LogP contribution in [0.2, 0.25) is 0 Å². The van der Waals surface area contributed by atoms with Crippen molar-refractivity contribution in [3.63, 3.8) is 0 Å². The third-order valence-electron chi connectivity index (χ3n) is 4.96. The Morgan fingerprint density at radius 1 is 1.06 bits per heavy atom. The van der Waals surface area contributed by atoms with E-state index in [4.69, 9.17) is 13.9 Å². The molecular formula is C25H22N2O4. The van der Waals surface area contributed by atoms with Gasteiger partial charge in [-0.1, -0.05) is 18.2 Å². The normalized spacial score (nSPS) is 11.4. The van der Waals surface area contributed by atoms with Crippen molar-refractivity contribution in [2.24, 2.45) is 0 Å². The Hall–Kier alpha value is -4.06. The second-order valence-corrected chi connectivity index (χ2v) is 6.96. The number of carbonyl (C=O) groups is 1. The number of aromatic nitrogens is 1. The van der Waals surface area contributed by atoms with Crippen LogP contribution in [-0.4, -0.2) is 25.1 Å². The lowest BCUT2D eigenvalue weighted by atomic mass is 9.99. The number of rotatable bonds is 6. The molecule has 0 bridgehead atoms. The number of hydrogen-bond donors (Lipinski definition) is 1. The van der Waals surface area contributed by atoms with Crippen LogP contribution >= 0.6 is 0 Å². The lowest BCUT2D eigenvalue weighted by molar-refractivity contribution is -0.111. The number of nitrogens with one attached hydrogen (secondary N) is 1. The fraction of sp³-hybridized carbons (Fsp3) is 0.120. The van der Waals surface area contributed by atoms with Gasteiger partial charge in [0.2, 0.25) is 5.91 Å². The molecule has 4 aromatic rings. The standard InChI is InChI=1S/C25H22N2O4/c1-16(11-25(28)27-24-9-4-5-10-26-24)19-13-20-21(15-31-23(20)14-22(19)30-3)17-7-6-8-18(12-17)29-2/h4-15H,1-3H3,(H,26,27,28)/b16-11+. The summed E-state index contributed by atoms with van der Waals surface area (Å²) in [6.07, 6.45) is 4.88. The molecule has 0 aliphatic heterocycles. The SMILES string of the molecule is COc1cccc(-c2coc3cc(OC)c(/C(C)=C/C(=O)Nc4ccccn4)cc23)c1. The Labute approximate surface area is 180 Å². The largest absolute Gasteiger partial charge is 0.497 e. The summed E-state index contributed by atoms with van der Waals surface area (Å²) < 4.78 is 16.7. The van der Waals surface area contributed by atoms with Crippen LogP contribution < -0.4 is 14.8 Å². The first kappa shape index (κ1) is 20.2. The zero-order chi connectivity index (χ0) is 21.8. The highest BCUT2D eigenvalue weighted by molar-refractivity contribution is 6.05. The number of furan rings is 1. The number of pyridine rings is 1. The van der Waals surface area contributed by atoms with E-state index in [1.807, 2.05) is 49.4 Å². The first-order valence-electron chi connectivity index (χ1n) is 9.73. The summed E-state index contributed by atoms with van der Waals surface area (Å²) in [5, 5.41) is 3.68. The number of fused-ring (bicyclic) bond motifs is 1. The van der Waals surface area contributed by atoms with E-state index in [1.165, 1.54) is 6.08 Å². The first-order valence-corrected chi connectivity index (χ1v) is 9.73. The molecule has 6 nitrogen and oxygen atoms in total. The quantitative estimate of drug-likeness (QED) is 0.419. The second kappa shape index (κ2) is 8.75. The summed E-state index contributed by atoms with van der Waals surface area (Å²) >= 11 is 0. The maximum Gasteiger partial charge on any atom is 0.249 e. The van der Waals surface area contributed by atoms with Crippen LogP contribution in [0.5, 0.6) is 11.5 Å². The maximum absolute atomic E-state index is 12.5. The van der Waals surface area contributed by atoms with Crippen LogP contribution in [-0.2, 0) is 4.79 Å². The van der Waals surface area contributed by atoms with Crippen LogP contribution in [0.4, 0.5) is 5.82 Å². The van der Waals surface area contributed by atoms with Crippen molar-refractivity contribution in [2.75, 3.05) is 19.5 Å². The van der Waals surface area contributed by atoms with Gasteiger partial charge in [-0.15, -0.1) is 0 Å². The highest BCUT2D eigenvalue weighted by Crippen LogP contribution is 2.38. The number of methoxy groups -OCH3 is 2. The summed E-state index contributed by atoms with van der Waals surface area (Å²) in [6, 6.07) is 16.9. The highest BCUT2D eigenvalue weighted by atomic mass is 16.5. The van der Waals surface area contributed by atoms with Crippen molar-refractivity contribution in [2.45, 2.75) is 6.92 Å². The van der Waals surface area contributed by atoms with Gasteiger partial charge in [0, 0.05) is 34.9 Å². The Morgan fingerprint density at radius 2 is 1.94 bits per heavy atom. The zero-order valence-corrected chi connectivity index (χ0v) is 17.5. The monoisotopic (exact) mass is 414 g/mol. The molecule has 2 aromatic heterocycles. The molecule has 4 rings (SSSR count). The average Bonchev–Trinajstić information content (AvgIpc) is 3.21. The molecule has 0 atom stereocenters. The van der Waals surface area contributed by atoms with E-state index in [1.54, 1.807) is 38.8 Å². The van der Waals surface area contributed by atoms with E-state index in [0.29, 0.717) is 17.2 Å². The fourth-order valence-corrected chi connectivity index (χ4v) is 3.42. The van der Waals surface area contributed by atoms with Crippen molar-refractivity contribution < 1.29 is 18.7 Å². The first-order chi connectivity index (χ1) is 15.1. The highest BCUT2D eigenvalue weighted by Gasteiger charge is 2.15. The van der Waals surface area contributed by atoms with Crippen molar-refractivity contribution in [1.29, 1.82) is 0 Å². The summed E-state index contributed by atoms with van der Waals surface area (Å²) in [6.45, 7) is 1.87. The van der Waals surface area contributed by atoms with E-state index in [0.717, 1.165) is 33.4 Å². The molecule has 1 amide bonds. The van der Waals surface area contributed by atoms with Crippen molar-refractivity contribution >= 4 is 28.3 Å². The van der Waals surface area contributed by atoms with Crippen molar-refractivity contribution in [3.8, 4) is 22.6 Å². The number of allylic oxidation sites excluding steroid dienone is 1. The van der Waals surface area contributed by atoms with Gasteiger partial charge in [-0.3, -0.25) is 4.79 Å². The van der Waals surface area contributed by atoms with E-state index >= 15 is 0 Å². The second-order valence-electron chi connectivity index (χ2n) is 6.96. The van der Waals surface area contributed by atoms with Gasteiger partial charge in [0.15, 0.2) is 0 Å². The van der Waals surface area contributed by atoms with Crippen molar-refractivity contribution in [3.05, 3.63) is 78.7 Å².